The highest BCUT2D eigenvalue weighted by molar-refractivity contribution is 5.95. The van der Waals surface area contributed by atoms with Crippen LogP contribution >= 0.6 is 0 Å². The average Bonchev–Trinajstić information content (AvgIpc) is 2.84. The third-order valence-electron chi connectivity index (χ3n) is 8.49. The molecule has 0 aliphatic heterocycles. The molecule has 2 aliphatic rings. The highest BCUT2D eigenvalue weighted by Gasteiger charge is 2.42. The zero-order chi connectivity index (χ0) is 26.4. The Hall–Kier alpha value is -2.87. The number of nitrogens with one attached hydrogen (secondary N) is 1. The van der Waals surface area contributed by atoms with Crippen molar-refractivity contribution in [2.75, 3.05) is 20.1 Å². The fraction of sp³-hybridized carbons (Fsp3) is 0.581. The number of allylic oxidation sites excluding steroid dienone is 2. The number of hydrogen-bond donors (Lipinski definition) is 1. The van der Waals surface area contributed by atoms with E-state index in [4.69, 9.17) is 0 Å². The first-order valence-corrected chi connectivity index (χ1v) is 13.4. The smallest absolute Gasteiger partial charge is 0.249 e. The molecule has 0 atom stereocenters. The maximum absolute atomic E-state index is 13.5. The molecule has 194 valence electrons. The van der Waals surface area contributed by atoms with E-state index in [2.05, 4.69) is 75.1 Å². The molecule has 2 amide bonds. The number of benzene rings is 1. The Balaban J connectivity index is 1.73. The van der Waals surface area contributed by atoms with E-state index in [0.717, 1.165) is 44.9 Å². The fourth-order valence-corrected chi connectivity index (χ4v) is 5.95. The minimum Gasteiger partial charge on any atom is -0.358 e. The molecule has 5 heteroatoms. The van der Waals surface area contributed by atoms with Crippen LogP contribution in [0.15, 0.2) is 54.1 Å². The van der Waals surface area contributed by atoms with Gasteiger partial charge in [0.05, 0.1) is 18.0 Å². The van der Waals surface area contributed by atoms with E-state index in [-0.39, 0.29) is 34.6 Å². The molecule has 0 radical (unpaired) electrons. The van der Waals surface area contributed by atoms with Gasteiger partial charge in [0.1, 0.15) is 0 Å². The summed E-state index contributed by atoms with van der Waals surface area (Å²) in [5.41, 5.74) is 2.80. The maximum atomic E-state index is 13.5. The molecule has 1 aromatic carbocycles. The first kappa shape index (κ1) is 27.7. The van der Waals surface area contributed by atoms with E-state index in [1.54, 1.807) is 11.9 Å². The van der Waals surface area contributed by atoms with Crippen LogP contribution in [0.4, 0.5) is 0 Å². The average molecular weight is 490 g/mol. The third-order valence-corrected chi connectivity index (χ3v) is 8.49. The van der Waals surface area contributed by atoms with E-state index >= 15 is 0 Å². The van der Waals surface area contributed by atoms with Gasteiger partial charge in [0, 0.05) is 24.6 Å². The van der Waals surface area contributed by atoms with Gasteiger partial charge in [0.2, 0.25) is 11.8 Å². The quantitative estimate of drug-likeness (QED) is 0.320. The lowest BCUT2D eigenvalue weighted by Gasteiger charge is -2.46. The number of amides is 2. The third kappa shape index (κ3) is 6.46. The molecule has 2 fully saturated rings. The standard InChI is InChI=1S/C31H43N3O2/c1-24(2)20-31(26-10-7-6-8-11-26)18-16-29(4,17-19-31)23-34(21-27(35)33-5)28(36)25(3)12-15-30(22-32)13-9-14-30/h6-8,10-11,20H,3,9,12-19,21,23H2,1-2,4-5H3,(H,33,35). The molecular formula is C31H43N3O2. The van der Waals surface area contributed by atoms with Gasteiger partial charge >= 0.3 is 0 Å². The lowest BCUT2D eigenvalue weighted by atomic mass is 9.61. The zero-order valence-corrected chi connectivity index (χ0v) is 22.7. The first-order chi connectivity index (χ1) is 17.1. The first-order valence-electron chi connectivity index (χ1n) is 13.4. The lowest BCUT2D eigenvalue weighted by Crippen LogP contribution is -2.47. The molecule has 2 saturated carbocycles. The summed E-state index contributed by atoms with van der Waals surface area (Å²) in [5, 5.41) is 12.2. The molecule has 0 unspecified atom stereocenters. The van der Waals surface area contributed by atoms with Gasteiger partial charge in [-0.3, -0.25) is 9.59 Å². The predicted molar refractivity (Wildman–Crippen MR) is 145 cm³/mol. The summed E-state index contributed by atoms with van der Waals surface area (Å²) in [6.45, 7) is 11.2. The van der Waals surface area contributed by atoms with Crippen LogP contribution in [0.2, 0.25) is 0 Å². The van der Waals surface area contributed by atoms with Gasteiger partial charge in [-0.1, -0.05) is 61.9 Å². The lowest BCUT2D eigenvalue weighted by molar-refractivity contribution is -0.134. The molecule has 0 spiro atoms. The van der Waals surface area contributed by atoms with Crippen molar-refractivity contribution in [2.24, 2.45) is 10.8 Å². The number of hydrogen-bond acceptors (Lipinski definition) is 3. The van der Waals surface area contributed by atoms with E-state index in [0.29, 0.717) is 25.0 Å². The molecular weight excluding hydrogens is 446 g/mol. The van der Waals surface area contributed by atoms with Crippen LogP contribution in [0, 0.1) is 22.2 Å². The maximum Gasteiger partial charge on any atom is 0.249 e. The molecule has 2 aliphatic carbocycles. The molecule has 0 saturated heterocycles. The van der Waals surface area contributed by atoms with E-state index in [1.165, 1.54) is 11.1 Å². The van der Waals surface area contributed by atoms with E-state index < -0.39 is 0 Å². The van der Waals surface area contributed by atoms with Crippen molar-refractivity contribution in [2.45, 2.75) is 84.0 Å². The minimum absolute atomic E-state index is 0.00716. The predicted octanol–water partition coefficient (Wildman–Crippen LogP) is 6.08. The summed E-state index contributed by atoms with van der Waals surface area (Å²) >= 11 is 0. The van der Waals surface area contributed by atoms with Crippen LogP contribution < -0.4 is 5.32 Å². The van der Waals surface area contributed by atoms with Crippen molar-refractivity contribution in [3.8, 4) is 6.07 Å². The van der Waals surface area contributed by atoms with Crippen molar-refractivity contribution < 1.29 is 9.59 Å². The highest BCUT2D eigenvalue weighted by Crippen LogP contribution is 2.49. The summed E-state index contributed by atoms with van der Waals surface area (Å²) in [4.78, 5) is 27.5. The number of nitrogens with zero attached hydrogens (tertiary/aromatic N) is 2. The summed E-state index contributed by atoms with van der Waals surface area (Å²) < 4.78 is 0. The van der Waals surface area contributed by atoms with Gasteiger partial charge in [0.15, 0.2) is 0 Å². The van der Waals surface area contributed by atoms with Crippen molar-refractivity contribution in [1.29, 1.82) is 5.26 Å². The Bertz CT molecular complexity index is 1020. The van der Waals surface area contributed by atoms with Crippen molar-refractivity contribution in [1.82, 2.24) is 10.2 Å². The Morgan fingerprint density at radius 1 is 1.11 bits per heavy atom. The number of likely N-dealkylation sites (N-methyl/N-ethyl adjacent to an activating group) is 1. The van der Waals surface area contributed by atoms with Crippen molar-refractivity contribution in [3.05, 3.63) is 59.7 Å². The largest absolute Gasteiger partial charge is 0.358 e. The fourth-order valence-electron chi connectivity index (χ4n) is 5.95. The Labute approximate surface area is 217 Å². The SMILES string of the molecule is C=C(CCC1(C#N)CCC1)C(=O)N(CC(=O)NC)CC1(C)CCC(C=C(C)C)(c2ccccc2)CC1. The summed E-state index contributed by atoms with van der Waals surface area (Å²) in [6, 6.07) is 13.2. The molecule has 5 nitrogen and oxygen atoms in total. The second kappa shape index (κ2) is 11.5. The number of carbonyl (C=O) groups is 2. The van der Waals surface area contributed by atoms with Crippen LogP contribution in [-0.4, -0.2) is 36.9 Å². The van der Waals surface area contributed by atoms with Crippen LogP contribution in [0.3, 0.4) is 0 Å². The van der Waals surface area contributed by atoms with Crippen molar-refractivity contribution in [3.63, 3.8) is 0 Å². The normalized spacial score (nSPS) is 24.5. The van der Waals surface area contributed by atoms with Crippen LogP contribution in [0.25, 0.3) is 0 Å². The van der Waals surface area contributed by atoms with Crippen molar-refractivity contribution >= 4 is 11.8 Å². The minimum atomic E-state index is -0.296. The Morgan fingerprint density at radius 3 is 2.25 bits per heavy atom. The van der Waals surface area contributed by atoms with Crippen LogP contribution in [0.1, 0.15) is 84.1 Å². The van der Waals surface area contributed by atoms with Gasteiger partial charge in [-0.05, 0) is 76.2 Å². The van der Waals surface area contributed by atoms with Gasteiger partial charge < -0.3 is 10.2 Å². The monoisotopic (exact) mass is 489 g/mol. The topological polar surface area (TPSA) is 73.2 Å². The number of nitriles is 1. The second-order valence-corrected chi connectivity index (χ2v) is 11.7. The van der Waals surface area contributed by atoms with Gasteiger partial charge in [-0.2, -0.15) is 5.26 Å². The summed E-state index contributed by atoms with van der Waals surface area (Å²) in [7, 11) is 1.60. The Morgan fingerprint density at radius 2 is 1.75 bits per heavy atom. The second-order valence-electron chi connectivity index (χ2n) is 11.7. The molecule has 1 aromatic rings. The molecule has 0 bridgehead atoms. The van der Waals surface area contributed by atoms with E-state index in [9.17, 15) is 14.9 Å². The summed E-state index contributed by atoms with van der Waals surface area (Å²) in [6.07, 6.45) is 10.4. The number of rotatable bonds is 10. The number of carbonyl (C=O) groups excluding carboxylic acids is 2. The van der Waals surface area contributed by atoms with Crippen LogP contribution in [0.5, 0.6) is 0 Å². The van der Waals surface area contributed by atoms with Gasteiger partial charge in [-0.25, -0.2) is 0 Å². The molecule has 0 aromatic heterocycles. The van der Waals surface area contributed by atoms with Crippen LogP contribution in [-0.2, 0) is 15.0 Å². The Kier molecular flexibility index (Phi) is 8.82. The molecule has 1 N–H and O–H groups in total. The summed E-state index contributed by atoms with van der Waals surface area (Å²) in [5.74, 6) is -0.331. The van der Waals surface area contributed by atoms with E-state index in [1.807, 2.05) is 0 Å². The highest BCUT2D eigenvalue weighted by atomic mass is 16.2. The zero-order valence-electron chi connectivity index (χ0n) is 22.7. The molecule has 36 heavy (non-hydrogen) atoms. The molecule has 0 heterocycles. The van der Waals surface area contributed by atoms with Gasteiger partial charge in [0.25, 0.3) is 0 Å². The van der Waals surface area contributed by atoms with Gasteiger partial charge in [-0.15, -0.1) is 0 Å². The molecule has 3 rings (SSSR count).